The summed E-state index contributed by atoms with van der Waals surface area (Å²) in [5.74, 6) is -1.11. The first-order chi connectivity index (χ1) is 25.0. The van der Waals surface area contributed by atoms with E-state index in [0.29, 0.717) is 41.7 Å². The second kappa shape index (κ2) is 16.4. The summed E-state index contributed by atoms with van der Waals surface area (Å²) in [5, 5.41) is 14.1. The fraction of sp³-hybridized carbons (Fsp3) is 0.0750. The van der Waals surface area contributed by atoms with Gasteiger partial charge in [-0.1, -0.05) is 60.7 Å². The zero-order chi connectivity index (χ0) is 35.4. The molecule has 1 heterocycles. The number of hydrogen-bond acceptors (Lipinski definition) is 7. The van der Waals surface area contributed by atoms with Crippen molar-refractivity contribution < 1.29 is 23.9 Å². The smallest absolute Gasteiger partial charge is 0.329 e. The third kappa shape index (κ3) is 8.92. The number of aromatic nitrogens is 2. The van der Waals surface area contributed by atoms with Gasteiger partial charge in [0.2, 0.25) is 0 Å². The van der Waals surface area contributed by atoms with Crippen molar-refractivity contribution in [3.05, 3.63) is 156 Å². The molecule has 5 aromatic carbocycles. The first-order valence-corrected chi connectivity index (χ1v) is 16.2. The van der Waals surface area contributed by atoms with E-state index in [2.05, 4.69) is 21.2 Å². The topological polar surface area (TPSA) is 136 Å². The minimum Gasteiger partial charge on any atom is -0.494 e. The zero-order valence-electron chi connectivity index (χ0n) is 27.7. The number of nitrogens with one attached hydrogen (secondary N) is 3. The van der Waals surface area contributed by atoms with Crippen LogP contribution in [0.25, 0.3) is 16.9 Å². The first kappa shape index (κ1) is 33.9. The van der Waals surface area contributed by atoms with E-state index in [-0.39, 0.29) is 11.3 Å². The van der Waals surface area contributed by atoms with E-state index in [1.165, 1.54) is 12.3 Å². The summed E-state index contributed by atoms with van der Waals surface area (Å²) in [5.41, 5.74) is 7.02. The number of hydrazone groups is 1. The SMILES string of the molecule is CCOc1ccc(NC(=O)c2ccccc2NC(=O)C(=O)N/N=C/c2cn(-c3ccccc3)nc2-c2ccc(OCc3ccccc3)cc2)cc1. The molecule has 0 spiro atoms. The average molecular weight is 679 g/mol. The third-order valence-electron chi connectivity index (χ3n) is 7.56. The standard InChI is InChI=1S/C40H34N6O5/c1-2-50-33-23-19-31(20-24-33)42-38(47)35-15-9-10-16-36(35)43-39(48)40(49)44-41-25-30-26-46(32-13-7-4-8-14-32)45-37(30)29-17-21-34(22-18-29)51-27-28-11-5-3-6-12-28/h3-26H,2,27H2,1H3,(H,42,47)(H,43,48)(H,44,49)/b41-25+. The highest BCUT2D eigenvalue weighted by molar-refractivity contribution is 6.40. The molecule has 0 saturated carbocycles. The highest BCUT2D eigenvalue weighted by Crippen LogP contribution is 2.26. The minimum absolute atomic E-state index is 0.160. The number of amides is 3. The van der Waals surface area contributed by atoms with Crippen LogP contribution >= 0.6 is 0 Å². The molecular weight excluding hydrogens is 644 g/mol. The molecule has 0 bridgehead atoms. The Balaban J connectivity index is 1.13. The van der Waals surface area contributed by atoms with Crippen LogP contribution in [0.3, 0.4) is 0 Å². The quantitative estimate of drug-likeness (QED) is 0.0736. The van der Waals surface area contributed by atoms with E-state index in [1.807, 2.05) is 91.9 Å². The Kier molecular flexibility index (Phi) is 10.9. The summed E-state index contributed by atoms with van der Waals surface area (Å²) in [6, 6.07) is 40.3. The molecule has 51 heavy (non-hydrogen) atoms. The molecule has 3 amide bonds. The lowest BCUT2D eigenvalue weighted by Crippen LogP contribution is -2.33. The number of ether oxygens (including phenoxy) is 2. The Morgan fingerprint density at radius 3 is 2.10 bits per heavy atom. The molecule has 1 aromatic heterocycles. The molecule has 0 aliphatic heterocycles. The molecular formula is C40H34N6O5. The number of hydrogen-bond donors (Lipinski definition) is 3. The number of anilines is 2. The predicted octanol–water partition coefficient (Wildman–Crippen LogP) is 6.86. The van der Waals surface area contributed by atoms with Gasteiger partial charge in [-0.3, -0.25) is 14.4 Å². The van der Waals surface area contributed by atoms with Crippen LogP contribution in [0.2, 0.25) is 0 Å². The second-order valence-electron chi connectivity index (χ2n) is 11.1. The van der Waals surface area contributed by atoms with Crippen LogP contribution in [0, 0.1) is 0 Å². The zero-order valence-corrected chi connectivity index (χ0v) is 27.7. The molecule has 0 aliphatic rings. The summed E-state index contributed by atoms with van der Waals surface area (Å²) >= 11 is 0. The van der Waals surface area contributed by atoms with Crippen LogP contribution in [0.5, 0.6) is 11.5 Å². The molecule has 0 fully saturated rings. The highest BCUT2D eigenvalue weighted by atomic mass is 16.5. The average Bonchev–Trinajstić information content (AvgIpc) is 3.60. The second-order valence-corrected chi connectivity index (χ2v) is 11.1. The van der Waals surface area contributed by atoms with Crippen LogP contribution < -0.4 is 25.5 Å². The maximum absolute atomic E-state index is 13.1. The molecule has 0 atom stereocenters. The molecule has 0 aliphatic carbocycles. The summed E-state index contributed by atoms with van der Waals surface area (Å²) in [6.45, 7) is 2.85. The van der Waals surface area contributed by atoms with Gasteiger partial charge in [0.15, 0.2) is 0 Å². The summed E-state index contributed by atoms with van der Waals surface area (Å²) in [4.78, 5) is 38.7. The van der Waals surface area contributed by atoms with Crippen LogP contribution in [0.4, 0.5) is 11.4 Å². The van der Waals surface area contributed by atoms with Crippen molar-refractivity contribution in [2.45, 2.75) is 13.5 Å². The van der Waals surface area contributed by atoms with Crippen LogP contribution in [0.1, 0.15) is 28.4 Å². The fourth-order valence-corrected chi connectivity index (χ4v) is 5.05. The Hall–Kier alpha value is -7.01. The highest BCUT2D eigenvalue weighted by Gasteiger charge is 2.18. The number of rotatable bonds is 12. The summed E-state index contributed by atoms with van der Waals surface area (Å²) in [6.07, 6.45) is 3.20. The summed E-state index contributed by atoms with van der Waals surface area (Å²) < 4.78 is 13.1. The van der Waals surface area contributed by atoms with Gasteiger partial charge in [-0.15, -0.1) is 0 Å². The Bertz CT molecular complexity index is 2130. The lowest BCUT2D eigenvalue weighted by molar-refractivity contribution is -0.136. The van der Waals surface area contributed by atoms with E-state index in [9.17, 15) is 14.4 Å². The molecule has 11 nitrogen and oxygen atoms in total. The van der Waals surface area contributed by atoms with Crippen LogP contribution in [-0.2, 0) is 16.2 Å². The molecule has 0 radical (unpaired) electrons. The van der Waals surface area contributed by atoms with Crippen molar-refractivity contribution in [3.8, 4) is 28.4 Å². The van der Waals surface area contributed by atoms with E-state index < -0.39 is 17.7 Å². The summed E-state index contributed by atoms with van der Waals surface area (Å²) in [7, 11) is 0. The van der Waals surface area contributed by atoms with Gasteiger partial charge in [-0.25, -0.2) is 10.1 Å². The normalized spacial score (nSPS) is 10.8. The van der Waals surface area contributed by atoms with E-state index in [1.54, 1.807) is 53.3 Å². The lowest BCUT2D eigenvalue weighted by Gasteiger charge is -2.11. The number of benzene rings is 5. The number of para-hydroxylation sites is 2. The molecule has 11 heteroatoms. The van der Waals surface area contributed by atoms with Gasteiger partial charge in [-0.2, -0.15) is 10.2 Å². The lowest BCUT2D eigenvalue weighted by atomic mass is 10.1. The van der Waals surface area contributed by atoms with Crippen LogP contribution in [-0.4, -0.2) is 40.3 Å². The Labute approximate surface area is 294 Å². The molecule has 3 N–H and O–H groups in total. The van der Waals surface area contributed by atoms with Crippen molar-refractivity contribution in [3.63, 3.8) is 0 Å². The van der Waals surface area contributed by atoms with Gasteiger partial charge in [0.25, 0.3) is 5.91 Å². The van der Waals surface area contributed by atoms with Crippen molar-refractivity contribution >= 4 is 35.3 Å². The van der Waals surface area contributed by atoms with Gasteiger partial charge >= 0.3 is 11.8 Å². The number of carbonyl (C=O) groups excluding carboxylic acids is 3. The molecule has 6 aromatic rings. The number of carbonyl (C=O) groups is 3. The first-order valence-electron chi connectivity index (χ1n) is 16.2. The molecule has 0 unspecified atom stereocenters. The Morgan fingerprint density at radius 2 is 1.37 bits per heavy atom. The van der Waals surface area contributed by atoms with Gasteiger partial charge < -0.3 is 20.1 Å². The third-order valence-corrected chi connectivity index (χ3v) is 7.56. The minimum atomic E-state index is -1.02. The van der Waals surface area contributed by atoms with Crippen molar-refractivity contribution in [1.82, 2.24) is 15.2 Å². The van der Waals surface area contributed by atoms with Gasteiger partial charge in [-0.05, 0) is 85.3 Å². The van der Waals surface area contributed by atoms with E-state index in [4.69, 9.17) is 14.6 Å². The fourth-order valence-electron chi connectivity index (χ4n) is 5.05. The van der Waals surface area contributed by atoms with Gasteiger partial charge in [0.1, 0.15) is 23.8 Å². The van der Waals surface area contributed by atoms with Crippen molar-refractivity contribution in [2.24, 2.45) is 5.10 Å². The largest absolute Gasteiger partial charge is 0.494 e. The van der Waals surface area contributed by atoms with E-state index >= 15 is 0 Å². The van der Waals surface area contributed by atoms with Gasteiger partial charge in [0, 0.05) is 23.0 Å². The molecule has 0 saturated heterocycles. The van der Waals surface area contributed by atoms with Crippen molar-refractivity contribution in [1.29, 1.82) is 0 Å². The maximum atomic E-state index is 13.1. The number of nitrogens with zero attached hydrogens (tertiary/aromatic N) is 3. The van der Waals surface area contributed by atoms with Gasteiger partial charge in [0.05, 0.1) is 29.8 Å². The van der Waals surface area contributed by atoms with E-state index in [0.717, 1.165) is 16.8 Å². The molecule has 254 valence electrons. The van der Waals surface area contributed by atoms with Crippen molar-refractivity contribution in [2.75, 3.05) is 17.2 Å². The molecule has 6 rings (SSSR count). The Morgan fingerprint density at radius 1 is 0.725 bits per heavy atom. The predicted molar refractivity (Wildman–Crippen MR) is 196 cm³/mol. The van der Waals surface area contributed by atoms with Crippen LogP contribution in [0.15, 0.2) is 145 Å². The maximum Gasteiger partial charge on any atom is 0.329 e. The monoisotopic (exact) mass is 678 g/mol.